The normalized spacial score (nSPS) is 12.0. The number of carboxylic acids is 1. The van der Waals surface area contributed by atoms with E-state index in [2.05, 4.69) is 0 Å². The van der Waals surface area contributed by atoms with Gasteiger partial charge >= 0.3 is 5.97 Å². The Morgan fingerprint density at radius 3 is 2.33 bits per heavy atom. The predicted molar refractivity (Wildman–Crippen MR) is 42.5 cm³/mol. The minimum atomic E-state index is -1.17. The lowest BCUT2D eigenvalue weighted by Crippen LogP contribution is -2.12. The van der Waals surface area contributed by atoms with Crippen LogP contribution in [0.15, 0.2) is 30.3 Å². The van der Waals surface area contributed by atoms with Gasteiger partial charge in [-0.2, -0.15) is 0 Å². The second-order valence-electron chi connectivity index (χ2n) is 2.30. The Hall–Kier alpha value is -1.64. The molecule has 0 amide bonds. The molecule has 1 aromatic rings. The third-order valence-corrected chi connectivity index (χ3v) is 1.50. The summed E-state index contributed by atoms with van der Waals surface area (Å²) in [5, 5.41) is 8.56. The summed E-state index contributed by atoms with van der Waals surface area (Å²) in [4.78, 5) is 20.7. The van der Waals surface area contributed by atoms with Crippen LogP contribution in [0.1, 0.15) is 11.5 Å². The van der Waals surface area contributed by atoms with Gasteiger partial charge in [0.2, 0.25) is 6.29 Å². The van der Waals surface area contributed by atoms with Crippen molar-refractivity contribution >= 4 is 12.3 Å². The van der Waals surface area contributed by atoms with Crippen molar-refractivity contribution in [2.45, 2.75) is 5.92 Å². The SMILES string of the molecule is O=[C]C(C(=O)O)c1ccccc1. The molecule has 1 aromatic carbocycles. The van der Waals surface area contributed by atoms with Crippen LogP contribution >= 0.6 is 0 Å². The van der Waals surface area contributed by atoms with Crippen molar-refractivity contribution in [3.8, 4) is 0 Å². The highest BCUT2D eigenvalue weighted by Gasteiger charge is 2.18. The first kappa shape index (κ1) is 8.46. The zero-order valence-corrected chi connectivity index (χ0v) is 6.23. The number of rotatable bonds is 3. The smallest absolute Gasteiger partial charge is 0.319 e. The number of carboxylic acid groups (broad SMARTS) is 1. The standard InChI is InChI=1S/C9H7O3/c10-6-8(9(11)12)7-4-2-1-3-5-7/h1-5,8H,(H,11,12). The molecule has 1 atom stereocenters. The number of benzene rings is 1. The monoisotopic (exact) mass is 163 g/mol. The Morgan fingerprint density at radius 1 is 1.33 bits per heavy atom. The maximum absolute atomic E-state index is 10.5. The van der Waals surface area contributed by atoms with E-state index in [1.54, 1.807) is 30.3 Å². The van der Waals surface area contributed by atoms with Gasteiger partial charge in [-0.05, 0) is 5.56 Å². The van der Waals surface area contributed by atoms with Crippen molar-refractivity contribution in [1.82, 2.24) is 0 Å². The Bertz CT molecular complexity index is 279. The highest BCUT2D eigenvalue weighted by atomic mass is 16.4. The Labute approximate surface area is 69.6 Å². The van der Waals surface area contributed by atoms with E-state index in [4.69, 9.17) is 5.11 Å². The Kier molecular flexibility index (Phi) is 2.58. The van der Waals surface area contributed by atoms with Gasteiger partial charge in [0.25, 0.3) is 0 Å². The summed E-state index contributed by atoms with van der Waals surface area (Å²) in [6, 6.07) is 8.30. The second-order valence-corrected chi connectivity index (χ2v) is 2.30. The average molecular weight is 163 g/mol. The summed E-state index contributed by atoms with van der Waals surface area (Å²) < 4.78 is 0. The molecule has 12 heavy (non-hydrogen) atoms. The van der Waals surface area contributed by atoms with Crippen LogP contribution < -0.4 is 0 Å². The van der Waals surface area contributed by atoms with Crippen molar-refractivity contribution in [1.29, 1.82) is 0 Å². The molecule has 1 radical (unpaired) electrons. The Balaban J connectivity index is 2.95. The first-order valence-electron chi connectivity index (χ1n) is 3.41. The molecule has 0 spiro atoms. The fraction of sp³-hybridized carbons (Fsp3) is 0.111. The third kappa shape index (κ3) is 1.69. The maximum Gasteiger partial charge on any atom is 0.319 e. The maximum atomic E-state index is 10.5. The number of hydrogen-bond acceptors (Lipinski definition) is 2. The minimum Gasteiger partial charge on any atom is -0.480 e. The van der Waals surface area contributed by atoms with Crippen molar-refractivity contribution in [3.05, 3.63) is 35.9 Å². The van der Waals surface area contributed by atoms with Gasteiger partial charge in [0, 0.05) is 0 Å². The quantitative estimate of drug-likeness (QED) is 0.675. The molecular formula is C9H7O3. The first-order chi connectivity index (χ1) is 5.75. The lowest BCUT2D eigenvalue weighted by molar-refractivity contribution is -0.137. The van der Waals surface area contributed by atoms with Crippen molar-refractivity contribution in [2.24, 2.45) is 0 Å². The largest absolute Gasteiger partial charge is 0.480 e. The van der Waals surface area contributed by atoms with Gasteiger partial charge < -0.3 is 5.11 Å². The molecule has 61 valence electrons. The van der Waals surface area contributed by atoms with E-state index in [9.17, 15) is 9.59 Å². The van der Waals surface area contributed by atoms with Crippen molar-refractivity contribution in [3.63, 3.8) is 0 Å². The van der Waals surface area contributed by atoms with Crippen LogP contribution in [0.2, 0.25) is 0 Å². The van der Waals surface area contributed by atoms with Crippen molar-refractivity contribution < 1.29 is 14.7 Å². The minimum absolute atomic E-state index is 0.458. The fourth-order valence-electron chi connectivity index (χ4n) is 0.907. The molecule has 1 rings (SSSR count). The summed E-state index contributed by atoms with van der Waals surface area (Å²) in [6.45, 7) is 0. The van der Waals surface area contributed by atoms with E-state index in [1.807, 2.05) is 0 Å². The summed E-state index contributed by atoms with van der Waals surface area (Å²) >= 11 is 0. The molecule has 1 unspecified atom stereocenters. The Morgan fingerprint density at radius 2 is 1.92 bits per heavy atom. The molecule has 1 N–H and O–H groups in total. The molecule has 0 bridgehead atoms. The van der Waals surface area contributed by atoms with E-state index in [-0.39, 0.29) is 0 Å². The molecular weight excluding hydrogens is 156 g/mol. The molecule has 3 nitrogen and oxygen atoms in total. The molecule has 0 fully saturated rings. The van der Waals surface area contributed by atoms with E-state index >= 15 is 0 Å². The van der Waals surface area contributed by atoms with E-state index in [1.165, 1.54) is 6.29 Å². The topological polar surface area (TPSA) is 54.4 Å². The van der Waals surface area contributed by atoms with Crippen LogP contribution in [0.4, 0.5) is 0 Å². The van der Waals surface area contributed by atoms with Gasteiger partial charge in [-0.1, -0.05) is 30.3 Å². The summed E-state index contributed by atoms with van der Waals surface area (Å²) in [5.41, 5.74) is 0.458. The highest BCUT2D eigenvalue weighted by Crippen LogP contribution is 2.12. The van der Waals surface area contributed by atoms with Crippen LogP contribution in [-0.4, -0.2) is 17.4 Å². The van der Waals surface area contributed by atoms with Gasteiger partial charge in [-0.15, -0.1) is 0 Å². The summed E-state index contributed by atoms with van der Waals surface area (Å²) in [5.74, 6) is -2.33. The van der Waals surface area contributed by atoms with Crippen LogP contribution in [0.25, 0.3) is 0 Å². The zero-order valence-electron chi connectivity index (χ0n) is 6.23. The number of hydrogen-bond donors (Lipinski definition) is 1. The summed E-state index contributed by atoms with van der Waals surface area (Å²) in [6.07, 6.45) is 1.47. The van der Waals surface area contributed by atoms with Gasteiger partial charge in [-0.3, -0.25) is 9.59 Å². The lowest BCUT2D eigenvalue weighted by Gasteiger charge is -2.02. The van der Waals surface area contributed by atoms with Gasteiger partial charge in [0.05, 0.1) is 0 Å². The third-order valence-electron chi connectivity index (χ3n) is 1.50. The van der Waals surface area contributed by atoms with Crippen LogP contribution in [0.5, 0.6) is 0 Å². The molecule has 0 aliphatic heterocycles. The van der Waals surface area contributed by atoms with E-state index in [0.717, 1.165) is 0 Å². The van der Waals surface area contributed by atoms with Crippen molar-refractivity contribution in [2.75, 3.05) is 0 Å². The highest BCUT2D eigenvalue weighted by molar-refractivity contribution is 5.93. The molecule has 0 aliphatic carbocycles. The summed E-state index contributed by atoms with van der Waals surface area (Å²) in [7, 11) is 0. The zero-order chi connectivity index (χ0) is 8.97. The lowest BCUT2D eigenvalue weighted by atomic mass is 10.0. The van der Waals surface area contributed by atoms with Crippen LogP contribution in [0, 0.1) is 0 Å². The molecule has 0 aliphatic rings. The van der Waals surface area contributed by atoms with E-state index in [0.29, 0.717) is 5.56 Å². The molecule has 0 saturated heterocycles. The molecule has 3 heteroatoms. The van der Waals surface area contributed by atoms with Gasteiger partial charge in [-0.25, -0.2) is 0 Å². The molecule has 0 heterocycles. The van der Waals surface area contributed by atoms with Gasteiger partial charge in [0.15, 0.2) is 0 Å². The molecule has 0 saturated carbocycles. The molecule has 0 aromatic heterocycles. The number of carbonyl (C=O) groups excluding carboxylic acids is 1. The first-order valence-corrected chi connectivity index (χ1v) is 3.41. The fourth-order valence-corrected chi connectivity index (χ4v) is 0.907. The number of aliphatic carboxylic acids is 1. The second kappa shape index (κ2) is 3.67. The van der Waals surface area contributed by atoms with Gasteiger partial charge in [0.1, 0.15) is 5.92 Å². The van der Waals surface area contributed by atoms with Crippen LogP contribution in [-0.2, 0) is 9.59 Å². The van der Waals surface area contributed by atoms with E-state index < -0.39 is 11.9 Å². The predicted octanol–water partition coefficient (Wildman–Crippen LogP) is 0.964. The average Bonchev–Trinajstić information content (AvgIpc) is 2.07. The van der Waals surface area contributed by atoms with Crippen LogP contribution in [0.3, 0.4) is 0 Å². The number of carbonyl (C=O) groups is 1.